The molecule has 0 radical (unpaired) electrons. The minimum Gasteiger partial charge on any atom is -0.321 e. The number of nitrogens with one attached hydrogen (secondary N) is 3. The molecule has 3 aromatic carbocycles. The van der Waals surface area contributed by atoms with Gasteiger partial charge < -0.3 is 5.32 Å². The Labute approximate surface area is 197 Å². The maximum absolute atomic E-state index is 13.2. The van der Waals surface area contributed by atoms with Crippen LogP contribution in [-0.2, 0) is 20.0 Å². The number of hydrogen-bond acceptors (Lipinski definition) is 6. The van der Waals surface area contributed by atoms with Gasteiger partial charge in [-0.05, 0) is 55.3 Å². The molecule has 34 heavy (non-hydrogen) atoms. The Balaban J connectivity index is 1.40. The lowest BCUT2D eigenvalue weighted by molar-refractivity contribution is 0.103. The maximum Gasteiger partial charge on any atom is 0.262 e. The van der Waals surface area contributed by atoms with Gasteiger partial charge in [-0.15, -0.1) is 0 Å². The third kappa shape index (κ3) is 4.12. The van der Waals surface area contributed by atoms with Gasteiger partial charge in [0.1, 0.15) is 5.84 Å². The average Bonchev–Trinajstić information content (AvgIpc) is 2.96. The fraction of sp³-hybridized carbons (Fsp3) is 0.217. The van der Waals surface area contributed by atoms with E-state index in [4.69, 9.17) is 0 Å². The molecule has 5 rings (SSSR count). The predicted octanol–water partition coefficient (Wildman–Crippen LogP) is 3.46. The third-order valence-corrected chi connectivity index (χ3v) is 8.66. The summed E-state index contributed by atoms with van der Waals surface area (Å²) in [6.07, 6.45) is 3.40. The first kappa shape index (κ1) is 22.4. The lowest BCUT2D eigenvalue weighted by Crippen LogP contribution is -2.30. The van der Waals surface area contributed by atoms with Crippen molar-refractivity contribution in [2.24, 2.45) is 4.99 Å². The molecule has 2 aliphatic rings. The molecule has 3 N–H and O–H groups in total. The standard InChI is InChI=1S/C23H22N4O5S2/c28-23-18-6-4-5-17-20(13-12-19(25-23)22(17)18)34(31,32)26-15-8-10-16(11-9-15)33(29,30)27-21-7-2-1-3-14-24-21/h4-6,8-13,26H,1-3,7,14H2,(H,24,27)(H,25,28). The molecule has 11 heteroatoms. The van der Waals surface area contributed by atoms with Gasteiger partial charge in [0.25, 0.3) is 26.0 Å². The molecule has 2 heterocycles. The molecule has 0 aliphatic carbocycles. The van der Waals surface area contributed by atoms with Gasteiger partial charge in [-0.25, -0.2) is 16.8 Å². The summed E-state index contributed by atoms with van der Waals surface area (Å²) in [6.45, 7) is 0.597. The van der Waals surface area contributed by atoms with Crippen LogP contribution in [0.4, 0.5) is 11.4 Å². The monoisotopic (exact) mass is 498 g/mol. The number of hydrogen-bond donors (Lipinski definition) is 3. The van der Waals surface area contributed by atoms with E-state index in [-0.39, 0.29) is 21.4 Å². The summed E-state index contributed by atoms with van der Waals surface area (Å²) in [5, 5.41) is 3.71. The Kier molecular flexibility index (Phi) is 5.53. The number of aliphatic imine (C=N–C) groups is 1. The van der Waals surface area contributed by atoms with Gasteiger partial charge in [-0.2, -0.15) is 0 Å². The number of rotatable bonds is 5. The van der Waals surface area contributed by atoms with Gasteiger partial charge in [0.05, 0.1) is 9.79 Å². The van der Waals surface area contributed by atoms with Crippen molar-refractivity contribution in [1.29, 1.82) is 0 Å². The molecule has 0 atom stereocenters. The van der Waals surface area contributed by atoms with Crippen LogP contribution in [0.1, 0.15) is 36.0 Å². The normalized spacial score (nSPS) is 16.0. The highest BCUT2D eigenvalue weighted by molar-refractivity contribution is 7.93. The van der Waals surface area contributed by atoms with E-state index in [1.54, 1.807) is 24.3 Å². The van der Waals surface area contributed by atoms with Crippen molar-refractivity contribution < 1.29 is 21.6 Å². The number of carbonyl (C=O) groups is 1. The average molecular weight is 499 g/mol. The Bertz CT molecular complexity index is 1550. The number of anilines is 2. The van der Waals surface area contributed by atoms with Gasteiger partial charge in [0.15, 0.2) is 0 Å². The molecule has 0 aromatic heterocycles. The van der Waals surface area contributed by atoms with Gasteiger partial charge in [0.2, 0.25) is 0 Å². The summed E-state index contributed by atoms with van der Waals surface area (Å²) in [7, 11) is -7.83. The van der Waals surface area contributed by atoms with Crippen LogP contribution in [-0.4, -0.2) is 35.1 Å². The largest absolute Gasteiger partial charge is 0.321 e. The molecule has 0 spiro atoms. The summed E-state index contributed by atoms with van der Waals surface area (Å²) < 4.78 is 56.8. The van der Waals surface area contributed by atoms with Crippen molar-refractivity contribution in [3.8, 4) is 0 Å². The van der Waals surface area contributed by atoms with E-state index in [1.165, 1.54) is 30.3 Å². The Morgan fingerprint density at radius 2 is 1.62 bits per heavy atom. The van der Waals surface area contributed by atoms with Gasteiger partial charge in [0, 0.05) is 40.7 Å². The Hall–Kier alpha value is -3.44. The molecule has 0 saturated heterocycles. The summed E-state index contributed by atoms with van der Waals surface area (Å²) in [5.74, 6) is 0.172. The first-order chi connectivity index (χ1) is 16.2. The van der Waals surface area contributed by atoms with Gasteiger partial charge in [-0.1, -0.05) is 18.6 Å². The summed E-state index contributed by atoms with van der Waals surface area (Å²) in [6, 6.07) is 13.4. The fourth-order valence-corrected chi connectivity index (χ4v) is 6.53. The molecule has 3 aromatic rings. The summed E-state index contributed by atoms with van der Waals surface area (Å²) in [5.41, 5.74) is 1.20. The Morgan fingerprint density at radius 3 is 2.41 bits per heavy atom. The van der Waals surface area contributed by atoms with Crippen LogP contribution in [0.2, 0.25) is 0 Å². The van der Waals surface area contributed by atoms with Crippen molar-refractivity contribution in [1.82, 2.24) is 4.72 Å². The van der Waals surface area contributed by atoms with Crippen molar-refractivity contribution in [2.75, 3.05) is 16.6 Å². The second kappa shape index (κ2) is 8.41. The minimum atomic E-state index is -4.01. The van der Waals surface area contributed by atoms with Gasteiger partial charge >= 0.3 is 0 Å². The van der Waals surface area contributed by atoms with Crippen LogP contribution >= 0.6 is 0 Å². The van der Waals surface area contributed by atoms with Crippen LogP contribution in [0.25, 0.3) is 10.8 Å². The quantitative estimate of drug-likeness (QED) is 0.495. The van der Waals surface area contributed by atoms with Crippen LogP contribution in [0.15, 0.2) is 69.4 Å². The van der Waals surface area contributed by atoms with E-state index >= 15 is 0 Å². The second-order valence-corrected chi connectivity index (χ2v) is 11.5. The van der Waals surface area contributed by atoms with E-state index in [1.807, 2.05) is 0 Å². The first-order valence-electron chi connectivity index (χ1n) is 10.8. The number of sulfonamides is 2. The zero-order valence-corrected chi connectivity index (χ0v) is 19.7. The lowest BCUT2D eigenvalue weighted by Gasteiger charge is -2.13. The molecule has 2 aliphatic heterocycles. The third-order valence-electron chi connectivity index (χ3n) is 5.83. The van der Waals surface area contributed by atoms with E-state index in [0.717, 1.165) is 19.3 Å². The second-order valence-electron chi connectivity index (χ2n) is 8.17. The molecule has 0 unspecified atom stereocenters. The first-order valence-corrected chi connectivity index (χ1v) is 13.8. The molecule has 9 nitrogen and oxygen atoms in total. The zero-order chi connectivity index (χ0) is 23.9. The van der Waals surface area contributed by atoms with Crippen LogP contribution in [0, 0.1) is 0 Å². The van der Waals surface area contributed by atoms with Crippen molar-refractivity contribution >= 4 is 53.9 Å². The molecule has 0 bridgehead atoms. The molecular weight excluding hydrogens is 476 g/mol. The van der Waals surface area contributed by atoms with Crippen molar-refractivity contribution in [3.05, 3.63) is 60.2 Å². The predicted molar refractivity (Wildman–Crippen MR) is 130 cm³/mol. The van der Waals surface area contributed by atoms with E-state index in [2.05, 4.69) is 19.8 Å². The minimum absolute atomic E-state index is 0.0114. The number of nitrogens with zero attached hydrogens (tertiary/aromatic N) is 1. The summed E-state index contributed by atoms with van der Waals surface area (Å²) in [4.78, 5) is 16.4. The van der Waals surface area contributed by atoms with Crippen LogP contribution < -0.4 is 14.8 Å². The van der Waals surface area contributed by atoms with Gasteiger partial charge in [-0.3, -0.25) is 19.2 Å². The van der Waals surface area contributed by atoms with E-state index in [9.17, 15) is 21.6 Å². The Morgan fingerprint density at radius 1 is 0.824 bits per heavy atom. The fourth-order valence-electron chi connectivity index (χ4n) is 4.18. The maximum atomic E-state index is 13.2. The highest BCUT2D eigenvalue weighted by Crippen LogP contribution is 2.37. The van der Waals surface area contributed by atoms with E-state index < -0.39 is 20.0 Å². The highest BCUT2D eigenvalue weighted by atomic mass is 32.2. The molecule has 1 amide bonds. The summed E-state index contributed by atoms with van der Waals surface area (Å²) >= 11 is 0. The number of carbonyl (C=O) groups excluding carboxylic acids is 1. The SMILES string of the molecule is O=C1Nc2ccc(S(=O)(=O)Nc3ccc(S(=O)(=O)NC4=NCCCCC4)cc3)c3cccc1c23. The smallest absolute Gasteiger partial charge is 0.262 e. The highest BCUT2D eigenvalue weighted by Gasteiger charge is 2.26. The number of amidine groups is 1. The van der Waals surface area contributed by atoms with Crippen molar-refractivity contribution in [3.63, 3.8) is 0 Å². The molecule has 0 saturated carbocycles. The zero-order valence-electron chi connectivity index (χ0n) is 18.0. The van der Waals surface area contributed by atoms with Crippen LogP contribution in [0.3, 0.4) is 0 Å². The topological polar surface area (TPSA) is 134 Å². The lowest BCUT2D eigenvalue weighted by atomic mass is 10.1. The van der Waals surface area contributed by atoms with Crippen LogP contribution in [0.5, 0.6) is 0 Å². The molecule has 176 valence electrons. The molecular formula is C23H22N4O5S2. The number of benzene rings is 3. The van der Waals surface area contributed by atoms with Crippen molar-refractivity contribution in [2.45, 2.75) is 35.5 Å². The van der Waals surface area contributed by atoms with E-state index in [0.29, 0.717) is 40.8 Å². The number of amides is 1. The molecule has 0 fully saturated rings.